The van der Waals surface area contributed by atoms with E-state index in [1.54, 1.807) is 26.8 Å². The van der Waals surface area contributed by atoms with Gasteiger partial charge in [0, 0.05) is 5.56 Å². The molecule has 23 heavy (non-hydrogen) atoms. The number of rotatable bonds is 5. The number of furan rings is 1. The number of ether oxygens (including phenoxy) is 1. The molecule has 124 valence electrons. The number of hydrogen-bond donors (Lipinski definition) is 2. The van der Waals surface area contributed by atoms with Crippen LogP contribution in [0.3, 0.4) is 0 Å². The molecule has 0 bridgehead atoms. The molecule has 0 aliphatic heterocycles. The van der Waals surface area contributed by atoms with Gasteiger partial charge in [-0.25, -0.2) is 14.3 Å². The molecule has 0 aliphatic rings. The highest BCUT2D eigenvalue weighted by atomic mass is 16.6. The zero-order valence-electron chi connectivity index (χ0n) is 13.1. The number of carbonyl (C=O) groups is 2. The second-order valence-corrected chi connectivity index (χ2v) is 5.83. The minimum atomic E-state index is -1.22. The summed E-state index contributed by atoms with van der Waals surface area (Å²) in [6, 6.07) is 1.73. The summed E-state index contributed by atoms with van der Waals surface area (Å²) in [4.78, 5) is 23.0. The Morgan fingerprint density at radius 3 is 2.74 bits per heavy atom. The van der Waals surface area contributed by atoms with Gasteiger partial charge in [-0.1, -0.05) is 5.21 Å². The molecule has 0 unspecified atom stereocenters. The van der Waals surface area contributed by atoms with Crippen molar-refractivity contribution in [1.82, 2.24) is 20.3 Å². The zero-order valence-corrected chi connectivity index (χ0v) is 13.1. The van der Waals surface area contributed by atoms with Gasteiger partial charge in [-0.15, -0.1) is 5.10 Å². The van der Waals surface area contributed by atoms with Crippen molar-refractivity contribution in [3.8, 4) is 0 Å². The fraction of sp³-hybridized carbons (Fsp3) is 0.429. The Labute approximate surface area is 132 Å². The second-order valence-electron chi connectivity index (χ2n) is 5.83. The van der Waals surface area contributed by atoms with E-state index in [-0.39, 0.29) is 24.5 Å². The molecule has 0 atom stereocenters. The maximum absolute atomic E-state index is 11.7. The highest BCUT2D eigenvalue weighted by Crippen LogP contribution is 2.11. The van der Waals surface area contributed by atoms with E-state index in [1.165, 1.54) is 17.2 Å². The highest BCUT2D eigenvalue weighted by Gasteiger charge is 2.21. The highest BCUT2D eigenvalue weighted by molar-refractivity contribution is 5.86. The summed E-state index contributed by atoms with van der Waals surface area (Å²) >= 11 is 0. The predicted octanol–water partition coefficient (Wildman–Crippen LogP) is 1.64. The summed E-state index contributed by atoms with van der Waals surface area (Å²) in [6.45, 7) is 5.42. The van der Waals surface area contributed by atoms with Crippen LogP contribution < -0.4 is 5.32 Å². The molecule has 2 rings (SSSR count). The molecule has 2 N–H and O–H groups in total. The number of carboxylic acid groups (broad SMARTS) is 1. The normalized spacial score (nSPS) is 11.3. The van der Waals surface area contributed by atoms with E-state index in [0.29, 0.717) is 0 Å². The molecule has 0 saturated carbocycles. The molecule has 0 aromatic carbocycles. The van der Waals surface area contributed by atoms with E-state index >= 15 is 0 Å². The van der Waals surface area contributed by atoms with E-state index in [2.05, 4.69) is 15.6 Å². The molecular formula is C14H18N4O5. The lowest BCUT2D eigenvalue weighted by Gasteiger charge is -2.19. The van der Waals surface area contributed by atoms with Gasteiger partial charge in [0.05, 0.1) is 31.3 Å². The van der Waals surface area contributed by atoms with E-state index in [1.807, 2.05) is 0 Å². The number of nitrogens with one attached hydrogen (secondary N) is 1. The quantitative estimate of drug-likeness (QED) is 0.858. The first-order chi connectivity index (χ1) is 10.8. The predicted molar refractivity (Wildman–Crippen MR) is 77.9 cm³/mol. The third kappa shape index (κ3) is 4.56. The number of amides is 1. The van der Waals surface area contributed by atoms with Gasteiger partial charge in [0.2, 0.25) is 0 Å². The van der Waals surface area contributed by atoms with Crippen LogP contribution >= 0.6 is 0 Å². The van der Waals surface area contributed by atoms with Crippen molar-refractivity contribution < 1.29 is 23.8 Å². The molecular weight excluding hydrogens is 304 g/mol. The summed E-state index contributed by atoms with van der Waals surface area (Å²) in [7, 11) is 0. The topological polar surface area (TPSA) is 119 Å². The minimum Gasteiger partial charge on any atom is -0.476 e. The number of hydrogen-bond acceptors (Lipinski definition) is 6. The maximum atomic E-state index is 11.7. The summed E-state index contributed by atoms with van der Waals surface area (Å²) < 4.78 is 11.5. The molecule has 0 fully saturated rings. The van der Waals surface area contributed by atoms with Gasteiger partial charge in [0.15, 0.2) is 5.69 Å². The molecule has 0 radical (unpaired) electrons. The summed E-state index contributed by atoms with van der Waals surface area (Å²) in [5.74, 6) is -1.22. The average molecular weight is 322 g/mol. The third-order valence-electron chi connectivity index (χ3n) is 2.75. The summed E-state index contributed by atoms with van der Waals surface area (Å²) in [6.07, 6.45) is 2.38. The van der Waals surface area contributed by atoms with Crippen molar-refractivity contribution in [2.24, 2.45) is 0 Å². The van der Waals surface area contributed by atoms with E-state index in [4.69, 9.17) is 9.15 Å². The second kappa shape index (κ2) is 6.51. The van der Waals surface area contributed by atoms with Crippen LogP contribution in [0.4, 0.5) is 4.79 Å². The summed E-state index contributed by atoms with van der Waals surface area (Å²) in [5.41, 5.74) is 0.203. The first kappa shape index (κ1) is 16.5. The zero-order chi connectivity index (χ0) is 17.0. The van der Waals surface area contributed by atoms with E-state index in [9.17, 15) is 14.7 Å². The van der Waals surface area contributed by atoms with Crippen LogP contribution in [0.15, 0.2) is 23.0 Å². The Morgan fingerprint density at radius 1 is 1.43 bits per heavy atom. The average Bonchev–Trinajstić information content (AvgIpc) is 3.04. The van der Waals surface area contributed by atoms with Crippen molar-refractivity contribution in [3.05, 3.63) is 35.5 Å². The van der Waals surface area contributed by atoms with Crippen LogP contribution in [0.25, 0.3) is 0 Å². The molecule has 0 aliphatic carbocycles. The number of aromatic nitrogens is 3. The molecule has 2 heterocycles. The Morgan fingerprint density at radius 2 is 2.17 bits per heavy atom. The van der Waals surface area contributed by atoms with Gasteiger partial charge in [-0.2, -0.15) is 0 Å². The molecule has 9 nitrogen and oxygen atoms in total. The monoisotopic (exact) mass is 322 g/mol. The smallest absolute Gasteiger partial charge is 0.407 e. The van der Waals surface area contributed by atoms with Crippen LogP contribution in [0, 0.1) is 0 Å². The Hall–Kier alpha value is -2.84. The van der Waals surface area contributed by atoms with Crippen LogP contribution in [-0.2, 0) is 17.8 Å². The Balaban J connectivity index is 2.13. The molecule has 9 heteroatoms. The Kier molecular flexibility index (Phi) is 4.68. The minimum absolute atomic E-state index is 0.0681. The van der Waals surface area contributed by atoms with Gasteiger partial charge < -0.3 is 19.6 Å². The number of aromatic carboxylic acids is 1. The fourth-order valence-corrected chi connectivity index (χ4v) is 1.83. The van der Waals surface area contributed by atoms with Crippen LogP contribution in [0.5, 0.6) is 0 Å². The molecule has 2 aromatic heterocycles. The molecule has 2 aromatic rings. The summed E-state index contributed by atoms with van der Waals surface area (Å²) in [5, 5.41) is 19.1. The van der Waals surface area contributed by atoms with E-state index < -0.39 is 17.7 Å². The first-order valence-corrected chi connectivity index (χ1v) is 6.90. The van der Waals surface area contributed by atoms with Crippen molar-refractivity contribution in [2.45, 2.75) is 39.5 Å². The lowest BCUT2D eigenvalue weighted by atomic mass is 10.2. The fourth-order valence-electron chi connectivity index (χ4n) is 1.83. The maximum Gasteiger partial charge on any atom is 0.407 e. The van der Waals surface area contributed by atoms with Gasteiger partial charge in [0.25, 0.3) is 0 Å². The van der Waals surface area contributed by atoms with Gasteiger partial charge in [-0.3, -0.25) is 0 Å². The lowest BCUT2D eigenvalue weighted by Crippen LogP contribution is -2.33. The lowest BCUT2D eigenvalue weighted by molar-refractivity contribution is 0.0519. The molecule has 0 saturated heterocycles. The van der Waals surface area contributed by atoms with Crippen LogP contribution in [-0.4, -0.2) is 37.8 Å². The molecule has 1 amide bonds. The number of carbonyl (C=O) groups excluding carboxylic acids is 1. The first-order valence-electron chi connectivity index (χ1n) is 6.90. The van der Waals surface area contributed by atoms with E-state index in [0.717, 1.165) is 5.56 Å². The van der Waals surface area contributed by atoms with Gasteiger partial charge >= 0.3 is 12.1 Å². The van der Waals surface area contributed by atoms with Gasteiger partial charge in [0.1, 0.15) is 5.60 Å². The van der Waals surface area contributed by atoms with Crippen molar-refractivity contribution in [3.63, 3.8) is 0 Å². The van der Waals surface area contributed by atoms with Gasteiger partial charge in [-0.05, 0) is 26.8 Å². The SMILES string of the molecule is CC(C)(C)OC(=O)NCc1c(C(=O)O)nnn1Cc1ccoc1. The largest absolute Gasteiger partial charge is 0.476 e. The van der Waals surface area contributed by atoms with Crippen LogP contribution in [0.1, 0.15) is 42.5 Å². The third-order valence-corrected chi connectivity index (χ3v) is 2.75. The number of alkyl carbamates (subject to hydrolysis) is 1. The number of nitrogens with zero attached hydrogens (tertiary/aromatic N) is 3. The van der Waals surface area contributed by atoms with Crippen molar-refractivity contribution in [1.29, 1.82) is 0 Å². The molecule has 0 spiro atoms. The number of carboxylic acids is 1. The van der Waals surface area contributed by atoms with Crippen molar-refractivity contribution in [2.75, 3.05) is 0 Å². The standard InChI is InChI=1S/C14H18N4O5/c1-14(2,3)23-13(21)15-6-10-11(12(19)20)16-17-18(10)7-9-4-5-22-8-9/h4-5,8H,6-7H2,1-3H3,(H,15,21)(H,19,20). The van der Waals surface area contributed by atoms with Crippen molar-refractivity contribution >= 4 is 12.1 Å². The van der Waals surface area contributed by atoms with Crippen LogP contribution in [0.2, 0.25) is 0 Å². The Bertz CT molecular complexity index is 685.